The molecule has 0 amide bonds. The molecule has 1 unspecified atom stereocenters. The molecular weight excluding hydrogens is 168 g/mol. The van der Waals surface area contributed by atoms with Crippen molar-refractivity contribution in [3.63, 3.8) is 0 Å². The molecule has 1 atom stereocenters. The van der Waals surface area contributed by atoms with E-state index in [2.05, 4.69) is 5.32 Å². The van der Waals surface area contributed by atoms with Gasteiger partial charge in [-0.1, -0.05) is 0 Å². The van der Waals surface area contributed by atoms with Crippen LogP contribution in [-0.2, 0) is 9.47 Å². The molecule has 74 valence electrons. The number of hydrogen-bond acceptors (Lipinski definition) is 3. The van der Waals surface area contributed by atoms with E-state index in [1.807, 2.05) is 0 Å². The Morgan fingerprint density at radius 2 is 2.00 bits per heavy atom. The maximum Gasteiger partial charge on any atom is 0.261 e. The van der Waals surface area contributed by atoms with E-state index in [0.29, 0.717) is 13.2 Å². The summed E-state index contributed by atoms with van der Waals surface area (Å²) in [5, 5.41) is 2.83. The molecule has 0 aliphatic heterocycles. The minimum absolute atomic E-state index is 0.297. The summed E-state index contributed by atoms with van der Waals surface area (Å²) in [6.07, 6.45) is -2.71. The van der Waals surface area contributed by atoms with Crippen LogP contribution >= 0.6 is 0 Å². The van der Waals surface area contributed by atoms with Gasteiger partial charge in [-0.15, -0.1) is 0 Å². The Labute approximate surface area is 71.0 Å². The van der Waals surface area contributed by atoms with Gasteiger partial charge >= 0.3 is 0 Å². The monoisotopic (exact) mass is 183 g/mol. The van der Waals surface area contributed by atoms with Gasteiger partial charge in [-0.2, -0.15) is 0 Å². The van der Waals surface area contributed by atoms with Crippen LogP contribution in [0.25, 0.3) is 0 Å². The van der Waals surface area contributed by atoms with Crippen molar-refractivity contribution in [3.8, 4) is 0 Å². The molecule has 3 nitrogen and oxygen atoms in total. The molecule has 0 aromatic rings. The summed E-state index contributed by atoms with van der Waals surface area (Å²) < 4.78 is 33.0. The Morgan fingerprint density at radius 3 is 2.42 bits per heavy atom. The second kappa shape index (κ2) is 7.39. The number of nitrogens with one attached hydrogen (secondary N) is 1. The molecule has 0 saturated carbocycles. The fraction of sp³-hybridized carbons (Fsp3) is 1.00. The zero-order valence-electron chi connectivity index (χ0n) is 7.35. The number of ether oxygens (including phenoxy) is 2. The van der Waals surface area contributed by atoms with E-state index < -0.39 is 13.0 Å². The highest BCUT2D eigenvalue weighted by molar-refractivity contribution is 4.58. The first kappa shape index (κ1) is 11.7. The van der Waals surface area contributed by atoms with Crippen LogP contribution in [-0.4, -0.2) is 46.4 Å². The third-order valence-electron chi connectivity index (χ3n) is 1.24. The van der Waals surface area contributed by atoms with Gasteiger partial charge in [0, 0.05) is 13.7 Å². The van der Waals surface area contributed by atoms with Crippen LogP contribution in [0.15, 0.2) is 0 Å². The second-order valence-electron chi connectivity index (χ2n) is 2.36. The topological polar surface area (TPSA) is 30.5 Å². The molecule has 0 saturated heterocycles. The predicted octanol–water partition coefficient (Wildman–Crippen LogP) is 0.502. The summed E-state index contributed by atoms with van der Waals surface area (Å²) in [6.45, 7) is 0.309. The van der Waals surface area contributed by atoms with Crippen LogP contribution in [0.4, 0.5) is 8.78 Å². The molecule has 0 heterocycles. The highest BCUT2D eigenvalue weighted by atomic mass is 19.3. The van der Waals surface area contributed by atoms with Gasteiger partial charge < -0.3 is 14.8 Å². The van der Waals surface area contributed by atoms with Crippen molar-refractivity contribution in [2.75, 3.05) is 33.9 Å². The van der Waals surface area contributed by atoms with Gasteiger partial charge in [0.1, 0.15) is 6.61 Å². The van der Waals surface area contributed by atoms with E-state index >= 15 is 0 Å². The molecule has 1 N–H and O–H groups in total. The summed E-state index contributed by atoms with van der Waals surface area (Å²) >= 11 is 0. The minimum atomic E-state index is -2.42. The lowest BCUT2D eigenvalue weighted by Crippen LogP contribution is -2.32. The smallest absolute Gasteiger partial charge is 0.261 e. The number of likely N-dealkylation sites (N-methyl/N-ethyl adjacent to an activating group) is 1. The van der Waals surface area contributed by atoms with Crippen molar-refractivity contribution in [2.24, 2.45) is 0 Å². The van der Waals surface area contributed by atoms with Crippen molar-refractivity contribution in [1.82, 2.24) is 5.32 Å². The molecule has 5 heteroatoms. The minimum Gasteiger partial charge on any atom is -0.382 e. The van der Waals surface area contributed by atoms with Crippen molar-refractivity contribution in [1.29, 1.82) is 0 Å². The largest absolute Gasteiger partial charge is 0.382 e. The average Bonchev–Trinajstić information content (AvgIpc) is 2.01. The van der Waals surface area contributed by atoms with E-state index in [-0.39, 0.29) is 6.10 Å². The molecule has 0 fully saturated rings. The number of methoxy groups -OCH3 is 1. The molecule has 0 radical (unpaired) electrons. The van der Waals surface area contributed by atoms with Crippen LogP contribution in [0.3, 0.4) is 0 Å². The second-order valence-corrected chi connectivity index (χ2v) is 2.36. The fourth-order valence-electron chi connectivity index (χ4n) is 0.788. The van der Waals surface area contributed by atoms with Crippen LogP contribution in [0.5, 0.6) is 0 Å². The Morgan fingerprint density at radius 1 is 1.33 bits per heavy atom. The zero-order chi connectivity index (χ0) is 9.40. The molecule has 0 rings (SSSR count). The lowest BCUT2D eigenvalue weighted by atomic mass is 10.4. The zero-order valence-corrected chi connectivity index (χ0v) is 7.35. The van der Waals surface area contributed by atoms with Crippen molar-refractivity contribution < 1.29 is 18.3 Å². The number of halogens is 2. The van der Waals surface area contributed by atoms with Crippen LogP contribution in [0, 0.1) is 0 Å². The number of hydrogen-bond donors (Lipinski definition) is 1. The molecule has 0 aromatic carbocycles. The van der Waals surface area contributed by atoms with Gasteiger partial charge in [-0.25, -0.2) is 8.78 Å². The summed E-state index contributed by atoms with van der Waals surface area (Å²) in [5.41, 5.74) is 0. The summed E-state index contributed by atoms with van der Waals surface area (Å²) in [6, 6.07) is 0. The van der Waals surface area contributed by atoms with Crippen molar-refractivity contribution in [2.45, 2.75) is 12.5 Å². The van der Waals surface area contributed by atoms with E-state index in [9.17, 15) is 8.78 Å². The number of rotatable bonds is 7. The maximum atomic E-state index is 11.7. The highest BCUT2D eigenvalue weighted by Crippen LogP contribution is 1.97. The summed E-state index contributed by atoms with van der Waals surface area (Å²) in [5.74, 6) is 0. The Kier molecular flexibility index (Phi) is 7.23. The first-order valence-corrected chi connectivity index (χ1v) is 3.74. The van der Waals surface area contributed by atoms with Crippen LogP contribution < -0.4 is 5.32 Å². The summed E-state index contributed by atoms with van der Waals surface area (Å²) in [7, 11) is 3.24. The van der Waals surface area contributed by atoms with Crippen molar-refractivity contribution >= 4 is 0 Å². The molecule has 0 spiro atoms. The molecule has 0 aromatic heterocycles. The first-order valence-electron chi connectivity index (χ1n) is 3.74. The lowest BCUT2D eigenvalue weighted by Gasteiger charge is -2.15. The molecule has 0 aliphatic carbocycles. The number of alkyl halides is 2. The highest BCUT2D eigenvalue weighted by Gasteiger charge is 2.10. The van der Waals surface area contributed by atoms with E-state index in [1.54, 1.807) is 7.05 Å². The van der Waals surface area contributed by atoms with Gasteiger partial charge in [0.2, 0.25) is 0 Å². The van der Waals surface area contributed by atoms with Gasteiger partial charge in [0.15, 0.2) is 0 Å². The van der Waals surface area contributed by atoms with E-state index in [0.717, 1.165) is 0 Å². The van der Waals surface area contributed by atoms with E-state index in [4.69, 9.17) is 9.47 Å². The van der Waals surface area contributed by atoms with Crippen LogP contribution in [0.2, 0.25) is 0 Å². The SMILES string of the molecule is CNCC(COC)OCC(F)F. The molecule has 0 aliphatic rings. The van der Waals surface area contributed by atoms with Gasteiger partial charge in [0.05, 0.1) is 12.7 Å². The summed E-state index contributed by atoms with van der Waals surface area (Å²) in [4.78, 5) is 0. The Hall–Kier alpha value is -0.260. The Bertz CT molecular complexity index is 97.4. The average molecular weight is 183 g/mol. The van der Waals surface area contributed by atoms with Gasteiger partial charge in [-0.3, -0.25) is 0 Å². The normalized spacial score (nSPS) is 13.8. The lowest BCUT2D eigenvalue weighted by molar-refractivity contribution is -0.0488. The molecule has 0 bridgehead atoms. The quantitative estimate of drug-likeness (QED) is 0.623. The molecular formula is C7H15F2NO2. The molecule has 12 heavy (non-hydrogen) atoms. The van der Waals surface area contributed by atoms with Gasteiger partial charge in [-0.05, 0) is 7.05 Å². The maximum absolute atomic E-state index is 11.7. The third-order valence-corrected chi connectivity index (χ3v) is 1.24. The van der Waals surface area contributed by atoms with E-state index in [1.165, 1.54) is 7.11 Å². The predicted molar refractivity (Wildman–Crippen MR) is 41.5 cm³/mol. The van der Waals surface area contributed by atoms with Gasteiger partial charge in [0.25, 0.3) is 6.43 Å². The first-order chi connectivity index (χ1) is 5.70. The Balaban J connectivity index is 3.48. The fourth-order valence-corrected chi connectivity index (χ4v) is 0.788. The third kappa shape index (κ3) is 6.45. The standard InChI is InChI=1S/C7H15F2NO2/c1-10-3-6(4-11-2)12-5-7(8)9/h6-7,10H,3-5H2,1-2H3. The van der Waals surface area contributed by atoms with Crippen LogP contribution in [0.1, 0.15) is 0 Å². The van der Waals surface area contributed by atoms with Crippen molar-refractivity contribution in [3.05, 3.63) is 0 Å².